The summed E-state index contributed by atoms with van der Waals surface area (Å²) in [5.41, 5.74) is 1.60. The highest BCUT2D eigenvalue weighted by Gasteiger charge is 2.08. The Kier molecular flexibility index (Phi) is 6.34. The van der Waals surface area contributed by atoms with Crippen LogP contribution in [-0.4, -0.2) is 20.1 Å². The number of hydrogen-bond donors (Lipinski definition) is 1. The van der Waals surface area contributed by atoms with Gasteiger partial charge in [-0.25, -0.2) is 0 Å². The lowest BCUT2D eigenvalue weighted by atomic mass is 10.1. The standard InChI is InChI=1S/C19H14N2O5S/c1-20-18(12-14-4-8-16(25-3)9-5-14)19(21-2)13-15-6-10-17(11-7-15)26-27(22,23)24/h4-13H,3H3,(H,22,23,24)/b18-12-,19-13-. The van der Waals surface area contributed by atoms with Crippen molar-refractivity contribution in [3.63, 3.8) is 0 Å². The van der Waals surface area contributed by atoms with Gasteiger partial charge < -0.3 is 8.92 Å². The topological polar surface area (TPSA) is 81.5 Å². The average molecular weight is 382 g/mol. The van der Waals surface area contributed by atoms with Crippen LogP contribution in [0.4, 0.5) is 0 Å². The lowest BCUT2D eigenvalue weighted by molar-refractivity contribution is 0.387. The molecule has 0 fully saturated rings. The first-order chi connectivity index (χ1) is 12.8. The second-order valence-corrected chi connectivity index (χ2v) is 6.16. The minimum atomic E-state index is -4.60. The lowest BCUT2D eigenvalue weighted by Gasteiger charge is -2.03. The third-order valence-electron chi connectivity index (χ3n) is 3.31. The second kappa shape index (κ2) is 8.68. The van der Waals surface area contributed by atoms with E-state index in [0.717, 1.165) is 5.56 Å². The summed E-state index contributed by atoms with van der Waals surface area (Å²) in [5, 5.41) is 0. The fraction of sp³-hybridized carbons (Fsp3) is 0.0526. The first-order valence-electron chi connectivity index (χ1n) is 7.44. The van der Waals surface area contributed by atoms with Gasteiger partial charge in [0.15, 0.2) is 11.4 Å². The van der Waals surface area contributed by atoms with Crippen molar-refractivity contribution in [2.24, 2.45) is 0 Å². The lowest BCUT2D eigenvalue weighted by Crippen LogP contribution is -2.06. The Balaban J connectivity index is 2.31. The van der Waals surface area contributed by atoms with E-state index in [2.05, 4.69) is 13.9 Å². The summed E-state index contributed by atoms with van der Waals surface area (Å²) < 4.78 is 39.4. The molecule has 7 nitrogen and oxygen atoms in total. The molecule has 0 atom stereocenters. The van der Waals surface area contributed by atoms with E-state index < -0.39 is 10.4 Å². The Hall–Kier alpha value is -3.59. The number of benzene rings is 2. The summed E-state index contributed by atoms with van der Waals surface area (Å²) in [5.74, 6) is 0.614. The van der Waals surface area contributed by atoms with Crippen molar-refractivity contribution in [1.82, 2.24) is 0 Å². The molecule has 0 bridgehead atoms. The van der Waals surface area contributed by atoms with E-state index in [1.54, 1.807) is 37.5 Å². The third-order valence-corrected chi connectivity index (χ3v) is 3.71. The zero-order valence-corrected chi connectivity index (χ0v) is 15.0. The fourth-order valence-corrected chi connectivity index (χ4v) is 2.44. The van der Waals surface area contributed by atoms with Crippen LogP contribution in [0.25, 0.3) is 21.8 Å². The van der Waals surface area contributed by atoms with Gasteiger partial charge in [0.05, 0.1) is 20.3 Å². The van der Waals surface area contributed by atoms with Crippen molar-refractivity contribution in [2.75, 3.05) is 7.11 Å². The Labute approximate surface area is 157 Å². The van der Waals surface area contributed by atoms with E-state index in [4.69, 9.17) is 22.4 Å². The molecule has 0 aliphatic carbocycles. The number of ether oxygens (including phenoxy) is 1. The maximum Gasteiger partial charge on any atom is 0.446 e. The largest absolute Gasteiger partial charge is 0.497 e. The van der Waals surface area contributed by atoms with Crippen LogP contribution < -0.4 is 8.92 Å². The SMILES string of the molecule is [C-]#[N+]C(=C\c1ccc(OC)cc1)/C(=C/c1ccc(OS(=O)(=O)O)cc1)[N+]#[C-]. The predicted molar refractivity (Wildman–Crippen MR) is 101 cm³/mol. The Bertz CT molecular complexity index is 1060. The molecule has 8 heteroatoms. The summed E-state index contributed by atoms with van der Waals surface area (Å²) in [7, 11) is -3.04. The highest BCUT2D eigenvalue weighted by Crippen LogP contribution is 2.23. The summed E-state index contributed by atoms with van der Waals surface area (Å²) in [6.07, 6.45) is 3.09. The van der Waals surface area contributed by atoms with Gasteiger partial charge in [0, 0.05) is 0 Å². The van der Waals surface area contributed by atoms with Gasteiger partial charge in [-0.05, 0) is 35.4 Å². The molecule has 0 amide bonds. The van der Waals surface area contributed by atoms with Gasteiger partial charge in [0.2, 0.25) is 0 Å². The Morgan fingerprint density at radius 2 is 1.30 bits per heavy atom. The molecule has 2 aromatic rings. The van der Waals surface area contributed by atoms with Crippen LogP contribution in [0.1, 0.15) is 11.1 Å². The Morgan fingerprint density at radius 1 is 0.889 bits per heavy atom. The first-order valence-corrected chi connectivity index (χ1v) is 8.81. The van der Waals surface area contributed by atoms with E-state index in [-0.39, 0.29) is 17.1 Å². The molecule has 0 aliphatic heterocycles. The molecule has 0 heterocycles. The van der Waals surface area contributed by atoms with Gasteiger partial charge >= 0.3 is 10.4 Å². The zero-order chi connectivity index (χ0) is 19.9. The smallest absolute Gasteiger partial charge is 0.446 e. The van der Waals surface area contributed by atoms with Crippen molar-refractivity contribution >= 4 is 22.6 Å². The van der Waals surface area contributed by atoms with Crippen LogP contribution in [0.2, 0.25) is 0 Å². The highest BCUT2D eigenvalue weighted by molar-refractivity contribution is 7.81. The van der Waals surface area contributed by atoms with Crippen LogP contribution in [0.15, 0.2) is 59.9 Å². The maximum absolute atomic E-state index is 10.7. The molecule has 2 aromatic carbocycles. The summed E-state index contributed by atoms with van der Waals surface area (Å²) >= 11 is 0. The number of nitrogens with zero attached hydrogens (tertiary/aromatic N) is 2. The minimum absolute atomic E-state index is 0.0711. The van der Waals surface area contributed by atoms with E-state index in [9.17, 15) is 8.42 Å². The monoisotopic (exact) mass is 382 g/mol. The van der Waals surface area contributed by atoms with Gasteiger partial charge in [0.25, 0.3) is 0 Å². The first kappa shape index (κ1) is 19.7. The van der Waals surface area contributed by atoms with Crippen LogP contribution in [-0.2, 0) is 10.4 Å². The molecule has 0 saturated carbocycles. The maximum atomic E-state index is 10.7. The van der Waals surface area contributed by atoms with Gasteiger partial charge in [-0.1, -0.05) is 36.4 Å². The van der Waals surface area contributed by atoms with Crippen molar-refractivity contribution < 1.29 is 21.9 Å². The molecular formula is C19H14N2O5S. The second-order valence-electron chi connectivity index (χ2n) is 5.14. The highest BCUT2D eigenvalue weighted by atomic mass is 32.3. The molecule has 1 N–H and O–H groups in total. The summed E-state index contributed by atoms with van der Waals surface area (Å²) in [6, 6.07) is 12.7. The third kappa shape index (κ3) is 6.01. The fourth-order valence-electron chi connectivity index (χ4n) is 2.08. The number of rotatable bonds is 6. The molecule has 2 rings (SSSR count). The molecule has 0 saturated heterocycles. The molecule has 0 radical (unpaired) electrons. The van der Waals surface area contributed by atoms with Crippen molar-refractivity contribution in [3.8, 4) is 11.5 Å². The quantitative estimate of drug-likeness (QED) is 0.462. The summed E-state index contributed by atoms with van der Waals surface area (Å²) in [6.45, 7) is 14.7. The van der Waals surface area contributed by atoms with E-state index >= 15 is 0 Å². The molecule has 0 aromatic heterocycles. The van der Waals surface area contributed by atoms with E-state index in [0.29, 0.717) is 11.3 Å². The van der Waals surface area contributed by atoms with E-state index in [1.807, 2.05) is 0 Å². The van der Waals surface area contributed by atoms with Crippen LogP contribution in [0, 0.1) is 13.1 Å². The van der Waals surface area contributed by atoms with Crippen LogP contribution in [0.3, 0.4) is 0 Å². The molecule has 0 spiro atoms. The number of methoxy groups -OCH3 is 1. The Morgan fingerprint density at radius 3 is 1.63 bits per heavy atom. The van der Waals surface area contributed by atoms with Gasteiger partial charge in [-0.15, -0.1) is 0 Å². The van der Waals surface area contributed by atoms with Crippen molar-refractivity contribution in [1.29, 1.82) is 0 Å². The molecule has 136 valence electrons. The normalized spacial score (nSPS) is 12.0. The number of hydrogen-bond acceptors (Lipinski definition) is 4. The minimum Gasteiger partial charge on any atom is -0.497 e. The van der Waals surface area contributed by atoms with Crippen molar-refractivity contribution in [2.45, 2.75) is 0 Å². The van der Waals surface area contributed by atoms with Gasteiger partial charge in [-0.3, -0.25) is 14.2 Å². The van der Waals surface area contributed by atoms with Gasteiger partial charge in [-0.2, -0.15) is 8.42 Å². The molecule has 0 aliphatic rings. The van der Waals surface area contributed by atoms with Crippen LogP contribution in [0.5, 0.6) is 11.5 Å². The molecule has 0 unspecified atom stereocenters. The predicted octanol–water partition coefficient (Wildman–Crippen LogP) is 4.10. The van der Waals surface area contributed by atoms with Crippen molar-refractivity contribution in [3.05, 3.63) is 93.9 Å². The summed E-state index contributed by atoms with van der Waals surface area (Å²) in [4.78, 5) is 6.82. The van der Waals surface area contributed by atoms with Gasteiger partial charge in [0.1, 0.15) is 11.5 Å². The molecular weight excluding hydrogens is 368 g/mol. The van der Waals surface area contributed by atoms with E-state index in [1.165, 1.54) is 30.3 Å². The molecule has 27 heavy (non-hydrogen) atoms. The average Bonchev–Trinajstić information content (AvgIpc) is 2.65. The zero-order valence-electron chi connectivity index (χ0n) is 14.2. The van der Waals surface area contributed by atoms with Crippen LogP contribution >= 0.6 is 0 Å².